The van der Waals surface area contributed by atoms with Gasteiger partial charge in [0.25, 0.3) is 0 Å². The zero-order chi connectivity index (χ0) is 23.5. The van der Waals surface area contributed by atoms with Gasteiger partial charge in [0.15, 0.2) is 0 Å². The van der Waals surface area contributed by atoms with Gasteiger partial charge in [-0.05, 0) is 65.3 Å². The third kappa shape index (κ3) is 4.83. The fourth-order valence-corrected chi connectivity index (χ4v) is 4.10. The molecule has 5 rings (SSSR count). The molecule has 0 amide bonds. The third-order valence-electron chi connectivity index (χ3n) is 5.91. The van der Waals surface area contributed by atoms with Crippen LogP contribution in [0.25, 0.3) is 21.8 Å². The summed E-state index contributed by atoms with van der Waals surface area (Å²) in [6.07, 6.45) is 7.34. The fraction of sp³-hybridized carbons (Fsp3) is 0.259. The van der Waals surface area contributed by atoms with E-state index in [9.17, 15) is 0 Å². The van der Waals surface area contributed by atoms with Crippen LogP contribution < -0.4 is 15.8 Å². The van der Waals surface area contributed by atoms with Crippen molar-refractivity contribution in [1.82, 2.24) is 19.9 Å². The average molecular weight is 455 g/mol. The first kappa shape index (κ1) is 21.8. The fourth-order valence-electron chi connectivity index (χ4n) is 4.10. The Balaban J connectivity index is 1.21. The molecule has 7 nitrogen and oxygen atoms in total. The molecule has 5 N–H and O–H groups in total. The number of rotatable bonds is 9. The topological polar surface area (TPSA) is 105 Å². The first-order valence-corrected chi connectivity index (χ1v) is 11.7. The average Bonchev–Trinajstić information content (AvgIpc) is 3.46. The maximum Gasteiger partial charge on any atom is 0.224 e. The second-order valence-corrected chi connectivity index (χ2v) is 9.08. The number of nitrogens with two attached hydrogens (primary N) is 1. The van der Waals surface area contributed by atoms with Crippen molar-refractivity contribution in [2.75, 3.05) is 24.2 Å². The Bertz CT molecular complexity index is 1420. The van der Waals surface area contributed by atoms with E-state index in [-0.39, 0.29) is 0 Å². The minimum Gasteiger partial charge on any atom is -0.493 e. The van der Waals surface area contributed by atoms with Crippen LogP contribution in [0.1, 0.15) is 30.5 Å². The van der Waals surface area contributed by atoms with E-state index in [2.05, 4.69) is 81.7 Å². The molecule has 0 bridgehead atoms. The molecule has 174 valence electrons. The van der Waals surface area contributed by atoms with Crippen molar-refractivity contribution in [1.29, 1.82) is 0 Å². The maximum absolute atomic E-state index is 6.25. The molecule has 0 aliphatic rings. The van der Waals surface area contributed by atoms with Crippen LogP contribution in [0.5, 0.6) is 5.75 Å². The normalized spacial score (nSPS) is 11.5. The van der Waals surface area contributed by atoms with Crippen LogP contribution >= 0.6 is 0 Å². The SMILES string of the molecule is CC(C)COc1ccc2[nH]cc(CCNc3ncc(Cc4ccc5[nH]ccc5c4)c(N)n3)c2c1. The molecular weight excluding hydrogens is 424 g/mol. The molecule has 0 aliphatic carbocycles. The van der Waals surface area contributed by atoms with Gasteiger partial charge in [-0.3, -0.25) is 0 Å². The Kier molecular flexibility index (Phi) is 6.08. The van der Waals surface area contributed by atoms with Crippen molar-refractivity contribution < 1.29 is 4.74 Å². The molecule has 0 atom stereocenters. The van der Waals surface area contributed by atoms with Gasteiger partial charge < -0.3 is 25.8 Å². The number of benzene rings is 2. The van der Waals surface area contributed by atoms with Gasteiger partial charge in [-0.1, -0.05) is 19.9 Å². The Morgan fingerprint density at radius 2 is 1.91 bits per heavy atom. The molecule has 0 saturated carbocycles. The summed E-state index contributed by atoms with van der Waals surface area (Å²) in [6.45, 7) is 5.71. The molecular formula is C27H30N6O. The van der Waals surface area contributed by atoms with Crippen LogP contribution in [0.4, 0.5) is 11.8 Å². The lowest BCUT2D eigenvalue weighted by Gasteiger charge is -2.10. The smallest absolute Gasteiger partial charge is 0.224 e. The van der Waals surface area contributed by atoms with Crippen LogP contribution in [0, 0.1) is 5.92 Å². The maximum atomic E-state index is 6.25. The van der Waals surface area contributed by atoms with Crippen molar-refractivity contribution in [3.05, 3.63) is 77.7 Å². The Morgan fingerprint density at radius 1 is 1.03 bits per heavy atom. The summed E-state index contributed by atoms with van der Waals surface area (Å²) < 4.78 is 5.89. The van der Waals surface area contributed by atoms with E-state index >= 15 is 0 Å². The van der Waals surface area contributed by atoms with Crippen LogP contribution in [0.2, 0.25) is 0 Å². The van der Waals surface area contributed by atoms with Crippen molar-refractivity contribution in [2.24, 2.45) is 5.92 Å². The highest BCUT2D eigenvalue weighted by molar-refractivity contribution is 5.84. The highest BCUT2D eigenvalue weighted by atomic mass is 16.5. The van der Waals surface area contributed by atoms with Gasteiger partial charge >= 0.3 is 0 Å². The van der Waals surface area contributed by atoms with Gasteiger partial charge in [-0.15, -0.1) is 0 Å². The molecule has 0 unspecified atom stereocenters. The van der Waals surface area contributed by atoms with E-state index in [1.54, 1.807) is 0 Å². The summed E-state index contributed by atoms with van der Waals surface area (Å²) in [5, 5.41) is 5.67. The summed E-state index contributed by atoms with van der Waals surface area (Å²) in [5.74, 6) is 2.44. The van der Waals surface area contributed by atoms with E-state index in [0.717, 1.165) is 28.8 Å². The lowest BCUT2D eigenvalue weighted by atomic mass is 10.1. The number of anilines is 2. The first-order chi connectivity index (χ1) is 16.5. The summed E-state index contributed by atoms with van der Waals surface area (Å²) >= 11 is 0. The second-order valence-electron chi connectivity index (χ2n) is 9.08. The minimum atomic E-state index is 0.493. The molecule has 5 aromatic rings. The lowest BCUT2D eigenvalue weighted by molar-refractivity contribution is 0.271. The largest absolute Gasteiger partial charge is 0.493 e. The Hall–Kier alpha value is -4.00. The van der Waals surface area contributed by atoms with Gasteiger partial charge in [-0.25, -0.2) is 4.98 Å². The van der Waals surface area contributed by atoms with Gasteiger partial charge in [0.1, 0.15) is 11.6 Å². The quantitative estimate of drug-likeness (QED) is 0.242. The van der Waals surface area contributed by atoms with Gasteiger partial charge in [-0.2, -0.15) is 4.98 Å². The predicted octanol–water partition coefficient (Wildman–Crippen LogP) is 5.30. The number of aromatic nitrogens is 4. The Labute approximate surface area is 198 Å². The number of nitrogen functional groups attached to an aromatic ring is 1. The number of H-pyrrole nitrogens is 2. The second kappa shape index (κ2) is 9.47. The first-order valence-electron chi connectivity index (χ1n) is 11.7. The zero-order valence-corrected chi connectivity index (χ0v) is 19.6. The van der Waals surface area contributed by atoms with Crippen molar-refractivity contribution in [3.8, 4) is 5.75 Å². The van der Waals surface area contributed by atoms with E-state index in [1.807, 2.05) is 18.5 Å². The van der Waals surface area contributed by atoms with E-state index in [0.29, 0.717) is 37.3 Å². The molecule has 0 fully saturated rings. The summed E-state index contributed by atoms with van der Waals surface area (Å²) in [6, 6.07) is 14.6. The number of fused-ring (bicyclic) bond motifs is 2. The predicted molar refractivity (Wildman–Crippen MR) is 138 cm³/mol. The van der Waals surface area contributed by atoms with Crippen molar-refractivity contribution >= 4 is 33.6 Å². The highest BCUT2D eigenvalue weighted by Crippen LogP contribution is 2.25. The monoisotopic (exact) mass is 454 g/mol. The number of hydrogen-bond donors (Lipinski definition) is 4. The Morgan fingerprint density at radius 3 is 2.76 bits per heavy atom. The van der Waals surface area contributed by atoms with Gasteiger partial charge in [0.05, 0.1) is 6.61 Å². The molecule has 0 saturated heterocycles. The van der Waals surface area contributed by atoms with Gasteiger partial charge in [0.2, 0.25) is 5.95 Å². The van der Waals surface area contributed by atoms with Gasteiger partial charge in [0, 0.05) is 53.5 Å². The molecule has 2 aromatic carbocycles. The molecule has 0 radical (unpaired) electrons. The van der Waals surface area contributed by atoms with E-state index in [1.165, 1.54) is 21.9 Å². The number of nitrogens with zero attached hydrogens (tertiary/aromatic N) is 2. The number of nitrogens with one attached hydrogen (secondary N) is 3. The number of ether oxygens (including phenoxy) is 1. The van der Waals surface area contributed by atoms with E-state index < -0.39 is 0 Å². The van der Waals surface area contributed by atoms with Crippen LogP contribution in [-0.4, -0.2) is 33.1 Å². The lowest BCUT2D eigenvalue weighted by Crippen LogP contribution is -2.10. The van der Waals surface area contributed by atoms with Crippen molar-refractivity contribution in [3.63, 3.8) is 0 Å². The molecule has 3 heterocycles. The summed E-state index contributed by atoms with van der Waals surface area (Å²) in [4.78, 5) is 15.5. The molecule has 0 spiro atoms. The van der Waals surface area contributed by atoms with Crippen LogP contribution in [-0.2, 0) is 12.8 Å². The highest BCUT2D eigenvalue weighted by Gasteiger charge is 2.09. The summed E-state index contributed by atoms with van der Waals surface area (Å²) in [5.41, 5.74) is 11.8. The molecule has 3 aromatic heterocycles. The summed E-state index contributed by atoms with van der Waals surface area (Å²) in [7, 11) is 0. The number of hydrogen-bond acceptors (Lipinski definition) is 5. The molecule has 0 aliphatic heterocycles. The zero-order valence-electron chi connectivity index (χ0n) is 19.6. The minimum absolute atomic E-state index is 0.493. The molecule has 34 heavy (non-hydrogen) atoms. The third-order valence-corrected chi connectivity index (χ3v) is 5.91. The van der Waals surface area contributed by atoms with Crippen LogP contribution in [0.15, 0.2) is 61.1 Å². The molecule has 7 heteroatoms. The van der Waals surface area contributed by atoms with E-state index in [4.69, 9.17) is 10.5 Å². The van der Waals surface area contributed by atoms with Crippen LogP contribution in [0.3, 0.4) is 0 Å². The number of aromatic amines is 2. The van der Waals surface area contributed by atoms with Crippen molar-refractivity contribution in [2.45, 2.75) is 26.7 Å². The standard InChI is InChI=1S/C27H30N6O/c1-17(2)16-34-22-4-6-25-23(13-22)20(14-31-25)8-10-30-27-32-15-21(26(28)33-27)12-18-3-5-24-19(11-18)7-9-29-24/h3-7,9,11,13-15,17,29,31H,8,10,12,16H2,1-2H3,(H3,28,30,32,33).